The van der Waals surface area contributed by atoms with Crippen LogP contribution in [0.2, 0.25) is 0 Å². The number of hydrogen-bond acceptors (Lipinski definition) is 3. The van der Waals surface area contributed by atoms with Crippen LogP contribution in [-0.4, -0.2) is 47.4 Å². The average Bonchev–Trinajstić information content (AvgIpc) is 2.84. The molecule has 0 N–H and O–H groups in total. The van der Waals surface area contributed by atoms with Gasteiger partial charge in [0.2, 0.25) is 0 Å². The van der Waals surface area contributed by atoms with Crippen molar-refractivity contribution >= 4 is 33.2 Å². The summed E-state index contributed by atoms with van der Waals surface area (Å²) in [5.41, 5.74) is 0. The molecular formula is C14H19BrN2OS. The Labute approximate surface area is 126 Å². The molecule has 5 heteroatoms. The lowest BCUT2D eigenvalue weighted by molar-refractivity contribution is 0.0155. The average molecular weight is 343 g/mol. The first-order chi connectivity index (χ1) is 9.15. The van der Waals surface area contributed by atoms with Gasteiger partial charge in [0.1, 0.15) is 0 Å². The molecule has 2 fully saturated rings. The van der Waals surface area contributed by atoms with E-state index in [4.69, 9.17) is 0 Å². The molecule has 2 unspecified atom stereocenters. The van der Waals surface area contributed by atoms with E-state index in [2.05, 4.69) is 32.7 Å². The largest absolute Gasteiger partial charge is 0.332 e. The van der Waals surface area contributed by atoms with Crippen LogP contribution in [0.4, 0.5) is 0 Å². The third-order valence-electron chi connectivity index (χ3n) is 4.23. The van der Waals surface area contributed by atoms with Gasteiger partial charge < -0.3 is 4.90 Å². The molecule has 104 valence electrons. The molecule has 0 saturated carbocycles. The number of halogens is 1. The molecule has 2 atom stereocenters. The van der Waals surface area contributed by atoms with Crippen molar-refractivity contribution in [2.45, 2.75) is 38.3 Å². The molecule has 3 heterocycles. The lowest BCUT2D eigenvalue weighted by Gasteiger charge is -2.47. The quantitative estimate of drug-likeness (QED) is 0.782. The lowest BCUT2D eigenvalue weighted by Crippen LogP contribution is -2.60. The molecule has 0 bridgehead atoms. The van der Waals surface area contributed by atoms with Crippen LogP contribution < -0.4 is 0 Å². The van der Waals surface area contributed by atoms with E-state index in [0.29, 0.717) is 12.1 Å². The molecular weight excluding hydrogens is 324 g/mol. The van der Waals surface area contributed by atoms with E-state index < -0.39 is 0 Å². The maximum Gasteiger partial charge on any atom is 0.264 e. The molecule has 3 rings (SSSR count). The minimum Gasteiger partial charge on any atom is -0.332 e. The zero-order valence-electron chi connectivity index (χ0n) is 11.1. The maximum atomic E-state index is 12.6. The van der Waals surface area contributed by atoms with E-state index in [-0.39, 0.29) is 5.91 Å². The Morgan fingerprint density at radius 2 is 2.21 bits per heavy atom. The highest BCUT2D eigenvalue weighted by Gasteiger charge is 2.35. The molecule has 0 aromatic carbocycles. The van der Waals surface area contributed by atoms with Gasteiger partial charge in [-0.2, -0.15) is 0 Å². The van der Waals surface area contributed by atoms with E-state index in [1.165, 1.54) is 37.1 Å². The number of amides is 1. The zero-order valence-corrected chi connectivity index (χ0v) is 13.5. The van der Waals surface area contributed by atoms with Crippen LogP contribution >= 0.6 is 27.3 Å². The fraction of sp³-hybridized carbons (Fsp3) is 0.643. The molecule has 1 amide bonds. The molecule has 2 aliphatic rings. The highest BCUT2D eigenvalue weighted by Crippen LogP contribution is 2.28. The van der Waals surface area contributed by atoms with Crippen molar-refractivity contribution in [1.29, 1.82) is 0 Å². The number of thiophene rings is 1. The highest BCUT2D eigenvalue weighted by atomic mass is 79.9. The molecule has 0 spiro atoms. The summed E-state index contributed by atoms with van der Waals surface area (Å²) in [6.45, 7) is 5.31. The van der Waals surface area contributed by atoms with Crippen molar-refractivity contribution in [1.82, 2.24) is 9.80 Å². The maximum absolute atomic E-state index is 12.6. The third-order valence-corrected chi connectivity index (χ3v) is 5.84. The zero-order chi connectivity index (χ0) is 13.4. The van der Waals surface area contributed by atoms with Gasteiger partial charge in [0.05, 0.1) is 8.66 Å². The first-order valence-corrected chi connectivity index (χ1v) is 8.56. The van der Waals surface area contributed by atoms with Crippen LogP contribution in [0.3, 0.4) is 0 Å². The van der Waals surface area contributed by atoms with Crippen LogP contribution in [0.25, 0.3) is 0 Å². The van der Waals surface area contributed by atoms with E-state index in [9.17, 15) is 4.79 Å². The summed E-state index contributed by atoms with van der Waals surface area (Å²) in [5.74, 6) is 0.202. The monoisotopic (exact) mass is 342 g/mol. The Bertz CT molecular complexity index is 476. The van der Waals surface area contributed by atoms with Crippen LogP contribution in [0.15, 0.2) is 15.9 Å². The number of piperidine rings is 1. The van der Waals surface area contributed by atoms with Crippen molar-refractivity contribution < 1.29 is 4.79 Å². The third kappa shape index (κ3) is 2.73. The van der Waals surface area contributed by atoms with Gasteiger partial charge in [0, 0.05) is 25.2 Å². The second-order valence-electron chi connectivity index (χ2n) is 5.55. The van der Waals surface area contributed by atoms with Gasteiger partial charge in [-0.3, -0.25) is 9.69 Å². The summed E-state index contributed by atoms with van der Waals surface area (Å²) in [5, 5.41) is 0. The first-order valence-electron chi connectivity index (χ1n) is 6.95. The van der Waals surface area contributed by atoms with Crippen LogP contribution in [0.1, 0.15) is 35.9 Å². The number of fused-ring (bicyclic) bond motifs is 1. The summed E-state index contributed by atoms with van der Waals surface area (Å²) in [7, 11) is 0. The molecule has 1 aromatic rings. The molecule has 1 aromatic heterocycles. The van der Waals surface area contributed by atoms with Crippen LogP contribution in [-0.2, 0) is 0 Å². The van der Waals surface area contributed by atoms with E-state index in [1.807, 2.05) is 12.1 Å². The summed E-state index contributed by atoms with van der Waals surface area (Å²) >= 11 is 4.97. The topological polar surface area (TPSA) is 23.6 Å². The fourth-order valence-corrected chi connectivity index (χ4v) is 4.55. The predicted molar refractivity (Wildman–Crippen MR) is 81.7 cm³/mol. The van der Waals surface area contributed by atoms with E-state index >= 15 is 0 Å². The Morgan fingerprint density at radius 3 is 2.95 bits per heavy atom. The molecule has 2 saturated heterocycles. The molecule has 0 aliphatic carbocycles. The van der Waals surface area contributed by atoms with E-state index in [1.54, 1.807) is 0 Å². The van der Waals surface area contributed by atoms with Gasteiger partial charge in [-0.05, 0) is 54.4 Å². The standard InChI is InChI=1S/C14H19BrN2OS/c1-10-8-16-7-3-2-4-11(16)9-17(10)14(18)12-5-6-13(15)19-12/h5-6,10-11H,2-4,7-9H2,1H3. The van der Waals surface area contributed by atoms with Gasteiger partial charge in [-0.15, -0.1) is 11.3 Å². The second-order valence-corrected chi connectivity index (χ2v) is 8.02. The van der Waals surface area contributed by atoms with Gasteiger partial charge in [-0.25, -0.2) is 0 Å². The van der Waals surface area contributed by atoms with Crippen molar-refractivity contribution in [3.05, 3.63) is 20.8 Å². The Morgan fingerprint density at radius 1 is 1.37 bits per heavy atom. The highest BCUT2D eigenvalue weighted by molar-refractivity contribution is 9.11. The Kier molecular flexibility index (Phi) is 3.96. The summed E-state index contributed by atoms with van der Waals surface area (Å²) in [6, 6.07) is 4.79. The summed E-state index contributed by atoms with van der Waals surface area (Å²) in [6.07, 6.45) is 3.86. The smallest absolute Gasteiger partial charge is 0.264 e. The van der Waals surface area contributed by atoms with Crippen LogP contribution in [0.5, 0.6) is 0 Å². The first kappa shape index (κ1) is 13.6. The van der Waals surface area contributed by atoms with Crippen molar-refractivity contribution in [2.24, 2.45) is 0 Å². The number of hydrogen-bond donors (Lipinski definition) is 0. The van der Waals surface area contributed by atoms with Gasteiger partial charge in [0.15, 0.2) is 0 Å². The Balaban J connectivity index is 1.75. The normalized spacial score (nSPS) is 28.2. The van der Waals surface area contributed by atoms with Gasteiger partial charge >= 0.3 is 0 Å². The Hall–Kier alpha value is -0.390. The van der Waals surface area contributed by atoms with E-state index in [0.717, 1.165) is 21.8 Å². The second kappa shape index (κ2) is 5.54. The molecule has 2 aliphatic heterocycles. The fourth-order valence-electron chi connectivity index (χ4n) is 3.21. The number of carbonyl (C=O) groups is 1. The SMILES string of the molecule is CC1CN2CCCCC2CN1C(=O)c1ccc(Br)s1. The number of nitrogens with zero attached hydrogens (tertiary/aromatic N) is 2. The van der Waals surface area contributed by atoms with Crippen LogP contribution in [0, 0.1) is 0 Å². The number of rotatable bonds is 1. The summed E-state index contributed by atoms with van der Waals surface area (Å²) in [4.78, 5) is 18.1. The minimum atomic E-state index is 0.202. The molecule has 0 radical (unpaired) electrons. The lowest BCUT2D eigenvalue weighted by atomic mass is 9.97. The van der Waals surface area contributed by atoms with Crippen molar-refractivity contribution in [3.8, 4) is 0 Å². The molecule has 19 heavy (non-hydrogen) atoms. The number of carbonyl (C=O) groups excluding carboxylic acids is 1. The van der Waals surface area contributed by atoms with Gasteiger partial charge in [-0.1, -0.05) is 6.42 Å². The summed E-state index contributed by atoms with van der Waals surface area (Å²) < 4.78 is 1.03. The molecule has 3 nitrogen and oxygen atoms in total. The number of piperazine rings is 1. The predicted octanol–water partition coefficient (Wildman–Crippen LogP) is 3.21. The van der Waals surface area contributed by atoms with Crippen molar-refractivity contribution in [2.75, 3.05) is 19.6 Å². The van der Waals surface area contributed by atoms with Gasteiger partial charge in [0.25, 0.3) is 5.91 Å². The minimum absolute atomic E-state index is 0.202. The van der Waals surface area contributed by atoms with Crippen molar-refractivity contribution in [3.63, 3.8) is 0 Å².